The monoisotopic (exact) mass is 286 g/mol. The van der Waals surface area contributed by atoms with Crippen LogP contribution in [0.3, 0.4) is 0 Å². The van der Waals surface area contributed by atoms with Crippen molar-refractivity contribution in [2.75, 3.05) is 13.1 Å². The van der Waals surface area contributed by atoms with Gasteiger partial charge in [0.1, 0.15) is 0 Å². The molecule has 0 radical (unpaired) electrons. The van der Waals surface area contributed by atoms with Gasteiger partial charge in [-0.25, -0.2) is 4.79 Å². The smallest absolute Gasteiger partial charge is 0.393 e. The highest BCUT2D eigenvalue weighted by molar-refractivity contribution is 6.78. The van der Waals surface area contributed by atoms with Crippen molar-refractivity contribution in [2.45, 2.75) is 70.6 Å². The summed E-state index contributed by atoms with van der Waals surface area (Å²) in [7, 11) is -2.10. The average Bonchev–Trinajstić information content (AvgIpc) is 2.76. The van der Waals surface area contributed by atoms with E-state index in [1.165, 1.54) is 0 Å². The molecule has 0 aromatic heterocycles. The molecule has 0 aromatic carbocycles. The van der Waals surface area contributed by atoms with Gasteiger partial charge in [-0.2, -0.15) is 0 Å². The van der Waals surface area contributed by atoms with E-state index in [1.807, 2.05) is 0 Å². The molecule has 1 fully saturated rings. The summed E-state index contributed by atoms with van der Waals surface area (Å²) in [5, 5.41) is 6.26. The van der Waals surface area contributed by atoms with Gasteiger partial charge in [0.25, 0.3) is 8.32 Å². The summed E-state index contributed by atoms with van der Waals surface area (Å²) < 4.78 is 6.05. The molecular weight excluding hydrogens is 256 g/mol. The Labute approximate surface area is 118 Å². The quantitative estimate of drug-likeness (QED) is 0.763. The predicted molar refractivity (Wildman–Crippen MR) is 81.9 cm³/mol. The Morgan fingerprint density at radius 3 is 2.05 bits per heavy atom. The van der Waals surface area contributed by atoms with Gasteiger partial charge >= 0.3 is 6.09 Å². The Morgan fingerprint density at radius 1 is 1.16 bits per heavy atom. The Bertz CT molecular complexity index is 278. The second-order valence-electron chi connectivity index (χ2n) is 6.54. The van der Waals surface area contributed by atoms with E-state index in [2.05, 4.69) is 52.2 Å². The standard InChI is InChI=1S/C14H30N2O2Si/c1-10(2)19(11(3)4,12(5)6)18-14(17)16-13-7-8-15-9-13/h10-13,15H,7-9H2,1-6H3,(H,16,17). The predicted octanol–water partition coefficient (Wildman–Crippen LogP) is 3.25. The van der Waals surface area contributed by atoms with Crippen LogP contribution in [0.5, 0.6) is 0 Å². The molecule has 1 atom stereocenters. The molecule has 0 spiro atoms. The number of carbonyl (C=O) groups is 1. The Morgan fingerprint density at radius 2 is 1.68 bits per heavy atom. The first-order chi connectivity index (χ1) is 8.80. The highest BCUT2D eigenvalue weighted by Crippen LogP contribution is 2.42. The minimum absolute atomic E-state index is 0.212. The molecule has 1 unspecified atom stereocenters. The second-order valence-corrected chi connectivity index (χ2v) is 11.9. The van der Waals surface area contributed by atoms with Crippen LogP contribution in [0.25, 0.3) is 0 Å². The van der Waals surface area contributed by atoms with Crippen LogP contribution in [0.1, 0.15) is 48.0 Å². The first-order valence-electron chi connectivity index (χ1n) is 7.50. The molecule has 0 aromatic rings. The van der Waals surface area contributed by atoms with Crippen molar-refractivity contribution in [1.29, 1.82) is 0 Å². The molecule has 2 N–H and O–H groups in total. The molecule has 5 heteroatoms. The average molecular weight is 286 g/mol. The van der Waals surface area contributed by atoms with Gasteiger partial charge in [0.05, 0.1) is 0 Å². The number of nitrogens with one attached hydrogen (secondary N) is 2. The van der Waals surface area contributed by atoms with Gasteiger partial charge in [-0.05, 0) is 29.6 Å². The minimum atomic E-state index is -2.10. The van der Waals surface area contributed by atoms with E-state index in [4.69, 9.17) is 4.43 Å². The van der Waals surface area contributed by atoms with Crippen LogP contribution in [-0.4, -0.2) is 33.5 Å². The first-order valence-corrected chi connectivity index (χ1v) is 9.65. The van der Waals surface area contributed by atoms with Crippen LogP contribution in [-0.2, 0) is 4.43 Å². The van der Waals surface area contributed by atoms with Gasteiger partial charge in [0, 0.05) is 12.6 Å². The molecule has 0 bridgehead atoms. The third kappa shape index (κ3) is 3.72. The Kier molecular flexibility index (Phi) is 5.86. The van der Waals surface area contributed by atoms with Crippen LogP contribution >= 0.6 is 0 Å². The van der Waals surface area contributed by atoms with Crippen LogP contribution < -0.4 is 10.6 Å². The third-order valence-corrected chi connectivity index (χ3v) is 10.3. The summed E-state index contributed by atoms with van der Waals surface area (Å²) in [5.74, 6) is 0. The summed E-state index contributed by atoms with van der Waals surface area (Å²) in [6, 6.07) is 0.227. The lowest BCUT2D eigenvalue weighted by Crippen LogP contribution is -2.52. The van der Waals surface area contributed by atoms with E-state index in [0.29, 0.717) is 16.6 Å². The molecule has 1 amide bonds. The molecule has 1 heterocycles. The summed E-state index contributed by atoms with van der Waals surface area (Å²) in [6.07, 6.45) is 0.783. The van der Waals surface area contributed by atoms with Crippen molar-refractivity contribution in [3.05, 3.63) is 0 Å². The summed E-state index contributed by atoms with van der Waals surface area (Å²) in [4.78, 5) is 12.2. The lowest BCUT2D eigenvalue weighted by Gasteiger charge is -2.41. The van der Waals surface area contributed by atoms with Gasteiger partial charge in [-0.15, -0.1) is 0 Å². The molecule has 0 saturated carbocycles. The van der Waals surface area contributed by atoms with Gasteiger partial charge in [-0.1, -0.05) is 41.5 Å². The topological polar surface area (TPSA) is 50.4 Å². The highest BCUT2D eigenvalue weighted by atomic mass is 28.4. The van der Waals surface area contributed by atoms with Gasteiger partial charge in [0.2, 0.25) is 0 Å². The molecule has 0 aliphatic carbocycles. The lowest BCUT2D eigenvalue weighted by atomic mass is 10.3. The zero-order chi connectivity index (χ0) is 14.6. The zero-order valence-corrected chi connectivity index (χ0v) is 14.2. The van der Waals surface area contributed by atoms with Crippen molar-refractivity contribution < 1.29 is 9.22 Å². The van der Waals surface area contributed by atoms with Gasteiger partial charge in [-0.3, -0.25) is 0 Å². The molecule has 1 saturated heterocycles. The van der Waals surface area contributed by atoms with Crippen LogP contribution in [0.15, 0.2) is 0 Å². The number of rotatable bonds is 5. The van der Waals surface area contributed by atoms with E-state index in [1.54, 1.807) is 0 Å². The van der Waals surface area contributed by atoms with E-state index >= 15 is 0 Å². The van der Waals surface area contributed by atoms with Crippen molar-refractivity contribution >= 4 is 14.4 Å². The number of amides is 1. The maximum absolute atomic E-state index is 12.2. The molecular formula is C14H30N2O2Si. The summed E-state index contributed by atoms with van der Waals surface area (Å²) >= 11 is 0. The molecule has 4 nitrogen and oxygen atoms in total. The maximum atomic E-state index is 12.2. The van der Waals surface area contributed by atoms with E-state index in [-0.39, 0.29) is 12.1 Å². The number of hydrogen-bond donors (Lipinski definition) is 2. The fraction of sp³-hybridized carbons (Fsp3) is 0.929. The first kappa shape index (κ1) is 16.5. The van der Waals surface area contributed by atoms with Crippen LogP contribution in [0, 0.1) is 0 Å². The van der Waals surface area contributed by atoms with Crippen molar-refractivity contribution in [1.82, 2.24) is 10.6 Å². The molecule has 112 valence electrons. The highest BCUT2D eigenvalue weighted by Gasteiger charge is 2.48. The van der Waals surface area contributed by atoms with Crippen LogP contribution in [0.4, 0.5) is 4.79 Å². The number of hydrogen-bond acceptors (Lipinski definition) is 3. The number of carbonyl (C=O) groups excluding carboxylic acids is 1. The molecule has 19 heavy (non-hydrogen) atoms. The molecule has 1 rings (SSSR count). The van der Waals surface area contributed by atoms with E-state index in [9.17, 15) is 4.79 Å². The lowest BCUT2D eigenvalue weighted by molar-refractivity contribution is 0.189. The normalized spacial score (nSPS) is 20.4. The summed E-state index contributed by atoms with van der Waals surface area (Å²) in [6.45, 7) is 15.0. The van der Waals surface area contributed by atoms with Gasteiger partial charge < -0.3 is 15.1 Å². The zero-order valence-electron chi connectivity index (χ0n) is 13.2. The Hall–Kier alpha value is -0.553. The molecule has 1 aliphatic rings. The SMILES string of the molecule is CC(C)[Si](OC(=O)NC1CCNC1)(C(C)C)C(C)C. The van der Waals surface area contributed by atoms with Crippen molar-refractivity contribution in [2.24, 2.45) is 0 Å². The Balaban J connectivity index is 2.73. The maximum Gasteiger partial charge on any atom is 0.393 e. The molecule has 1 aliphatic heterocycles. The van der Waals surface area contributed by atoms with Crippen LogP contribution in [0.2, 0.25) is 16.6 Å². The van der Waals surface area contributed by atoms with Crippen molar-refractivity contribution in [3.63, 3.8) is 0 Å². The second kappa shape index (κ2) is 6.75. The fourth-order valence-corrected chi connectivity index (χ4v) is 8.58. The minimum Gasteiger partial charge on any atom is -0.503 e. The largest absolute Gasteiger partial charge is 0.503 e. The summed E-state index contributed by atoms with van der Waals surface area (Å²) in [5.41, 5.74) is 1.29. The van der Waals surface area contributed by atoms with Gasteiger partial charge in [0.15, 0.2) is 0 Å². The van der Waals surface area contributed by atoms with E-state index < -0.39 is 8.32 Å². The van der Waals surface area contributed by atoms with Crippen molar-refractivity contribution in [3.8, 4) is 0 Å². The van der Waals surface area contributed by atoms with E-state index in [0.717, 1.165) is 19.5 Å². The third-order valence-electron chi connectivity index (χ3n) is 4.36. The fourth-order valence-electron chi connectivity index (χ4n) is 3.49.